The number of rotatable bonds is 3. The smallest absolute Gasteiger partial charge is 0.162 e. The maximum atomic E-state index is 14.5. The second-order valence-electron chi connectivity index (χ2n) is 6.81. The van der Waals surface area contributed by atoms with Crippen molar-refractivity contribution >= 4 is 33.4 Å². The third-order valence-electron chi connectivity index (χ3n) is 5.03. The van der Waals surface area contributed by atoms with Gasteiger partial charge in [-0.1, -0.05) is 12.1 Å². The number of nitrogens with one attached hydrogen (secondary N) is 1. The van der Waals surface area contributed by atoms with Crippen molar-refractivity contribution in [3.05, 3.63) is 72.8 Å². The Morgan fingerprint density at radius 2 is 1.63 bits per heavy atom. The molecule has 4 aromatic heterocycles. The summed E-state index contributed by atoms with van der Waals surface area (Å²) in [6.07, 6.45) is 3.47. The van der Waals surface area contributed by atoms with Gasteiger partial charge in [0.2, 0.25) is 0 Å². The van der Waals surface area contributed by atoms with E-state index in [2.05, 4.69) is 25.3 Å². The van der Waals surface area contributed by atoms with Gasteiger partial charge < -0.3 is 11.1 Å². The normalized spacial score (nSPS) is 11.1. The third-order valence-corrected chi connectivity index (χ3v) is 5.03. The number of nitrogens with zero attached hydrogens (tertiary/aromatic N) is 4. The van der Waals surface area contributed by atoms with E-state index in [9.17, 15) is 4.39 Å². The third kappa shape index (κ3) is 2.88. The lowest BCUT2D eigenvalue weighted by Gasteiger charge is -2.13. The summed E-state index contributed by atoms with van der Waals surface area (Å²) >= 11 is 0. The molecule has 0 fully saturated rings. The van der Waals surface area contributed by atoms with Gasteiger partial charge in [0.05, 0.1) is 11.4 Å². The van der Waals surface area contributed by atoms with Crippen molar-refractivity contribution in [3.8, 4) is 22.5 Å². The van der Waals surface area contributed by atoms with E-state index in [1.165, 1.54) is 6.07 Å². The summed E-state index contributed by atoms with van der Waals surface area (Å²) in [6, 6.07) is 15.8. The molecule has 5 aromatic rings. The van der Waals surface area contributed by atoms with Crippen LogP contribution in [0.5, 0.6) is 0 Å². The van der Waals surface area contributed by atoms with Crippen LogP contribution in [0.3, 0.4) is 0 Å². The largest absolute Gasteiger partial charge is 0.384 e. The van der Waals surface area contributed by atoms with Crippen molar-refractivity contribution in [3.63, 3.8) is 0 Å². The van der Waals surface area contributed by atoms with E-state index < -0.39 is 0 Å². The zero-order chi connectivity index (χ0) is 20.7. The van der Waals surface area contributed by atoms with Gasteiger partial charge in [0.25, 0.3) is 0 Å². The molecule has 0 bridgehead atoms. The van der Waals surface area contributed by atoms with Gasteiger partial charge in [-0.3, -0.25) is 4.98 Å². The van der Waals surface area contributed by atoms with Gasteiger partial charge in [-0.05, 0) is 42.5 Å². The number of aromatic nitrogens is 4. The van der Waals surface area contributed by atoms with Gasteiger partial charge >= 0.3 is 0 Å². The number of anilines is 2. The van der Waals surface area contributed by atoms with Gasteiger partial charge in [0.1, 0.15) is 17.5 Å². The van der Waals surface area contributed by atoms with Crippen molar-refractivity contribution in [1.82, 2.24) is 19.9 Å². The van der Waals surface area contributed by atoms with Crippen molar-refractivity contribution < 1.29 is 4.39 Å². The Hall–Kier alpha value is -4.13. The predicted octanol–water partition coefficient (Wildman–Crippen LogP) is 4.67. The van der Waals surface area contributed by atoms with Crippen LogP contribution in [-0.4, -0.2) is 27.0 Å². The van der Waals surface area contributed by atoms with Crippen LogP contribution in [0.1, 0.15) is 0 Å². The molecule has 4 heterocycles. The molecule has 0 aliphatic rings. The van der Waals surface area contributed by atoms with E-state index in [4.69, 9.17) is 5.73 Å². The summed E-state index contributed by atoms with van der Waals surface area (Å²) in [5.74, 6) is 0.747. The molecular formula is C23H17FN6. The first-order valence-corrected chi connectivity index (χ1v) is 9.40. The lowest BCUT2D eigenvalue weighted by atomic mass is 9.99. The zero-order valence-corrected chi connectivity index (χ0v) is 16.1. The molecule has 0 unspecified atom stereocenters. The quantitative estimate of drug-likeness (QED) is 0.461. The van der Waals surface area contributed by atoms with Crippen LogP contribution >= 0.6 is 0 Å². The Kier molecular flexibility index (Phi) is 4.21. The molecule has 0 aliphatic heterocycles. The summed E-state index contributed by atoms with van der Waals surface area (Å²) in [4.78, 5) is 18.0. The van der Waals surface area contributed by atoms with Crippen molar-refractivity contribution in [2.75, 3.05) is 18.1 Å². The van der Waals surface area contributed by atoms with Gasteiger partial charge in [0.15, 0.2) is 5.65 Å². The van der Waals surface area contributed by atoms with Crippen LogP contribution in [0.4, 0.5) is 16.0 Å². The molecule has 30 heavy (non-hydrogen) atoms. The van der Waals surface area contributed by atoms with Crippen LogP contribution in [0, 0.1) is 5.82 Å². The molecule has 7 heteroatoms. The van der Waals surface area contributed by atoms with E-state index in [1.807, 2.05) is 31.3 Å². The molecule has 1 aromatic carbocycles. The fourth-order valence-corrected chi connectivity index (χ4v) is 3.64. The minimum absolute atomic E-state index is 0.346. The molecule has 0 aliphatic carbocycles. The van der Waals surface area contributed by atoms with Gasteiger partial charge in [0, 0.05) is 46.7 Å². The molecule has 0 atom stereocenters. The minimum Gasteiger partial charge on any atom is -0.384 e. The van der Waals surface area contributed by atoms with E-state index in [0.29, 0.717) is 22.7 Å². The number of fused-ring (bicyclic) bond motifs is 2. The Morgan fingerprint density at radius 3 is 2.47 bits per heavy atom. The van der Waals surface area contributed by atoms with Gasteiger partial charge in [-0.25, -0.2) is 19.3 Å². The van der Waals surface area contributed by atoms with E-state index in [1.54, 1.807) is 36.7 Å². The molecule has 0 radical (unpaired) electrons. The highest BCUT2D eigenvalue weighted by Crippen LogP contribution is 2.36. The van der Waals surface area contributed by atoms with Crippen LogP contribution < -0.4 is 11.1 Å². The Labute approximate surface area is 171 Å². The summed E-state index contributed by atoms with van der Waals surface area (Å²) < 4.78 is 14.5. The SMILES string of the molecule is CNc1nccc2c(-c3cc(-c4ccccc4F)nc4nc(N)ccc34)nccc12. The molecule has 3 N–H and O–H groups in total. The number of benzene rings is 1. The highest BCUT2D eigenvalue weighted by atomic mass is 19.1. The first-order valence-electron chi connectivity index (χ1n) is 9.40. The zero-order valence-electron chi connectivity index (χ0n) is 16.1. The number of hydrogen-bond donors (Lipinski definition) is 2. The van der Waals surface area contributed by atoms with Crippen molar-refractivity contribution in [2.24, 2.45) is 0 Å². The first-order chi connectivity index (χ1) is 14.7. The lowest BCUT2D eigenvalue weighted by Crippen LogP contribution is -1.98. The minimum atomic E-state index is -0.355. The van der Waals surface area contributed by atoms with Crippen molar-refractivity contribution in [2.45, 2.75) is 0 Å². The fraction of sp³-hybridized carbons (Fsp3) is 0.0435. The summed E-state index contributed by atoms with van der Waals surface area (Å²) in [5, 5.41) is 5.75. The Balaban J connectivity index is 1.88. The lowest BCUT2D eigenvalue weighted by molar-refractivity contribution is 0.631. The molecule has 5 rings (SSSR count). The predicted molar refractivity (Wildman–Crippen MR) is 117 cm³/mol. The fourth-order valence-electron chi connectivity index (χ4n) is 3.64. The Morgan fingerprint density at radius 1 is 0.833 bits per heavy atom. The molecule has 0 saturated carbocycles. The summed E-state index contributed by atoms with van der Waals surface area (Å²) in [5.41, 5.74) is 8.73. The molecule has 0 saturated heterocycles. The van der Waals surface area contributed by atoms with Crippen LogP contribution in [0.2, 0.25) is 0 Å². The number of nitrogens with two attached hydrogens (primary N) is 1. The molecule has 6 nitrogen and oxygen atoms in total. The maximum Gasteiger partial charge on any atom is 0.162 e. The molecule has 146 valence electrons. The van der Waals surface area contributed by atoms with Gasteiger partial charge in [-0.2, -0.15) is 0 Å². The van der Waals surface area contributed by atoms with E-state index in [-0.39, 0.29) is 5.82 Å². The van der Waals surface area contributed by atoms with E-state index in [0.717, 1.165) is 33.2 Å². The number of hydrogen-bond acceptors (Lipinski definition) is 6. The summed E-state index contributed by atoms with van der Waals surface area (Å²) in [6.45, 7) is 0. The number of halogens is 1. The monoisotopic (exact) mass is 396 g/mol. The summed E-state index contributed by atoms with van der Waals surface area (Å²) in [7, 11) is 1.83. The van der Waals surface area contributed by atoms with Gasteiger partial charge in [-0.15, -0.1) is 0 Å². The highest BCUT2D eigenvalue weighted by Gasteiger charge is 2.16. The average Bonchev–Trinajstić information content (AvgIpc) is 2.77. The van der Waals surface area contributed by atoms with Crippen LogP contribution in [0.15, 0.2) is 67.0 Å². The Bertz CT molecular complexity index is 1420. The standard InChI is InChI=1S/C23H17FN6/c1-26-22-15-9-10-27-21(13(15)8-11-28-22)17-12-19(16-4-2-3-5-18(16)24)29-23-14(17)6-7-20(25)30-23/h2-12H,1H3,(H,26,28)(H2,25,29,30). The average molecular weight is 396 g/mol. The van der Waals surface area contributed by atoms with Crippen molar-refractivity contribution in [1.29, 1.82) is 0 Å². The number of pyridine rings is 4. The molecule has 0 spiro atoms. The van der Waals surface area contributed by atoms with E-state index >= 15 is 0 Å². The topological polar surface area (TPSA) is 89.6 Å². The number of nitrogen functional groups attached to an aromatic ring is 1. The van der Waals surface area contributed by atoms with Crippen LogP contribution in [0.25, 0.3) is 44.3 Å². The second kappa shape index (κ2) is 7.04. The first kappa shape index (κ1) is 17.9. The molecular weight excluding hydrogens is 379 g/mol. The van der Waals surface area contributed by atoms with Crippen LogP contribution in [-0.2, 0) is 0 Å². The maximum absolute atomic E-state index is 14.5. The second-order valence-corrected chi connectivity index (χ2v) is 6.81. The highest BCUT2D eigenvalue weighted by molar-refractivity contribution is 6.05. The molecule has 0 amide bonds.